The molecule has 0 unspecified atom stereocenters. The van der Waals surface area contributed by atoms with E-state index in [1.807, 2.05) is 24.3 Å². The van der Waals surface area contributed by atoms with Gasteiger partial charge in [0.2, 0.25) is 0 Å². The monoisotopic (exact) mass is 586 g/mol. The van der Waals surface area contributed by atoms with Crippen LogP contribution in [0.4, 0.5) is 4.79 Å². The smallest absolute Gasteiger partial charge is 0.548 e. The van der Waals surface area contributed by atoms with E-state index in [1.165, 1.54) is 4.90 Å². The van der Waals surface area contributed by atoms with Crippen molar-refractivity contribution >= 4 is 18.0 Å². The van der Waals surface area contributed by atoms with Crippen molar-refractivity contribution in [3.8, 4) is 0 Å². The van der Waals surface area contributed by atoms with Crippen molar-refractivity contribution in [2.75, 3.05) is 0 Å². The standard InChI is InChI=1S/C34H32N2O6.Na/c1-24(34(41,27-18-10-4-11-19-27)28-20-12-5-13-21-28)42-32(39)30-29(31(37)38)35(22-25-14-6-2-7-15-25)33(40)36(30)23-26-16-8-3-9-17-26;/h2-21,24,29-30,41H,22-23H2,1H3,(H,37,38);/q;+1/p-1/t24-,29-,30+;/m0./s1. The molecular formula is C34H31N2NaO6. The third-order valence-corrected chi connectivity index (χ3v) is 7.65. The van der Waals surface area contributed by atoms with Gasteiger partial charge in [-0.1, -0.05) is 121 Å². The molecule has 1 aliphatic rings. The molecule has 214 valence electrons. The zero-order valence-electron chi connectivity index (χ0n) is 24.1. The normalized spacial score (nSPS) is 17.2. The van der Waals surface area contributed by atoms with Crippen molar-refractivity contribution in [2.24, 2.45) is 0 Å². The van der Waals surface area contributed by atoms with E-state index in [-0.39, 0.29) is 42.6 Å². The van der Waals surface area contributed by atoms with E-state index in [1.54, 1.807) is 104 Å². The maximum atomic E-state index is 14.0. The van der Waals surface area contributed by atoms with E-state index in [2.05, 4.69) is 0 Å². The zero-order valence-corrected chi connectivity index (χ0v) is 26.1. The van der Waals surface area contributed by atoms with Gasteiger partial charge in [0.15, 0.2) is 11.6 Å². The number of amides is 2. The Kier molecular flexibility index (Phi) is 10.4. The third-order valence-electron chi connectivity index (χ3n) is 7.65. The van der Waals surface area contributed by atoms with Crippen LogP contribution in [0.25, 0.3) is 0 Å². The molecule has 0 bridgehead atoms. The van der Waals surface area contributed by atoms with E-state index in [9.17, 15) is 24.6 Å². The van der Waals surface area contributed by atoms with Gasteiger partial charge in [-0.25, -0.2) is 9.59 Å². The van der Waals surface area contributed by atoms with Crippen LogP contribution in [0.5, 0.6) is 0 Å². The van der Waals surface area contributed by atoms with Gasteiger partial charge in [-0.15, -0.1) is 0 Å². The second kappa shape index (κ2) is 14.0. The number of ether oxygens (including phenoxy) is 1. The average Bonchev–Trinajstić information content (AvgIpc) is 3.29. The minimum Gasteiger partial charge on any atom is -0.548 e. The Balaban J connectivity index is 0.00000423. The van der Waals surface area contributed by atoms with Crippen LogP contribution < -0.4 is 34.7 Å². The van der Waals surface area contributed by atoms with Gasteiger partial charge >= 0.3 is 41.6 Å². The fourth-order valence-electron chi connectivity index (χ4n) is 5.50. The van der Waals surface area contributed by atoms with Crippen molar-refractivity contribution in [1.82, 2.24) is 9.80 Å². The van der Waals surface area contributed by atoms with Crippen molar-refractivity contribution in [3.63, 3.8) is 0 Å². The summed E-state index contributed by atoms with van der Waals surface area (Å²) in [5.74, 6) is -2.53. The predicted octanol–water partition coefficient (Wildman–Crippen LogP) is 0.483. The SMILES string of the molecule is C[C@H](OC(=O)[C@H]1[C@@H](C(=O)[O-])N(Cc2ccccc2)C(=O)N1Cc1ccccc1)C(O)(c1ccccc1)c1ccccc1.[Na+]. The molecular weight excluding hydrogens is 555 g/mol. The number of aliphatic carboxylic acids is 1. The predicted molar refractivity (Wildman–Crippen MR) is 153 cm³/mol. The quantitative estimate of drug-likeness (QED) is 0.214. The summed E-state index contributed by atoms with van der Waals surface area (Å²) in [7, 11) is 0. The Labute approximate surface area is 272 Å². The molecule has 1 N–H and O–H groups in total. The van der Waals surface area contributed by atoms with Crippen LogP contribution in [0.2, 0.25) is 0 Å². The summed E-state index contributed by atoms with van der Waals surface area (Å²) in [5.41, 5.74) is 0.623. The number of nitrogens with zero attached hydrogens (tertiary/aromatic N) is 2. The molecule has 4 aromatic carbocycles. The van der Waals surface area contributed by atoms with Gasteiger partial charge in [-0.3, -0.25) is 0 Å². The van der Waals surface area contributed by atoms with E-state index < -0.39 is 41.8 Å². The van der Waals surface area contributed by atoms with E-state index >= 15 is 0 Å². The van der Waals surface area contributed by atoms with Crippen LogP contribution in [0, 0.1) is 0 Å². The number of carboxylic acids is 1. The summed E-state index contributed by atoms with van der Waals surface area (Å²) in [6.45, 7) is 1.48. The summed E-state index contributed by atoms with van der Waals surface area (Å²) >= 11 is 0. The zero-order chi connectivity index (χ0) is 29.7. The number of hydrogen-bond donors (Lipinski definition) is 1. The molecule has 9 heteroatoms. The molecule has 0 spiro atoms. The molecule has 4 aromatic rings. The first-order chi connectivity index (χ1) is 20.3. The topological polar surface area (TPSA) is 110 Å². The molecule has 1 fully saturated rings. The van der Waals surface area contributed by atoms with Gasteiger partial charge in [0.1, 0.15) is 12.1 Å². The summed E-state index contributed by atoms with van der Waals surface area (Å²) in [5, 5.41) is 24.7. The molecule has 1 saturated heterocycles. The van der Waals surface area contributed by atoms with Crippen molar-refractivity contribution < 1.29 is 58.9 Å². The first kappa shape index (κ1) is 32.0. The van der Waals surface area contributed by atoms with Gasteiger partial charge in [0.25, 0.3) is 0 Å². The molecule has 0 aromatic heterocycles. The molecule has 0 radical (unpaired) electrons. The Hall–Kier alpha value is -3.95. The fourth-order valence-corrected chi connectivity index (χ4v) is 5.50. The van der Waals surface area contributed by atoms with Gasteiger partial charge in [0.05, 0.1) is 5.97 Å². The Bertz CT molecular complexity index is 1480. The number of aliphatic hydroxyl groups is 1. The number of hydrogen-bond acceptors (Lipinski definition) is 6. The number of esters is 1. The second-order valence-electron chi connectivity index (χ2n) is 10.3. The van der Waals surface area contributed by atoms with Gasteiger partial charge in [-0.2, -0.15) is 0 Å². The summed E-state index contributed by atoms with van der Waals surface area (Å²) < 4.78 is 5.90. The molecule has 2 amide bonds. The van der Waals surface area contributed by atoms with Crippen LogP contribution in [-0.4, -0.2) is 51.1 Å². The van der Waals surface area contributed by atoms with Gasteiger partial charge < -0.3 is 29.5 Å². The summed E-state index contributed by atoms with van der Waals surface area (Å²) in [6.07, 6.45) is -1.16. The van der Waals surface area contributed by atoms with Gasteiger partial charge in [0, 0.05) is 13.1 Å². The van der Waals surface area contributed by atoms with E-state index in [0.717, 1.165) is 4.90 Å². The minimum absolute atomic E-state index is 0. The van der Waals surface area contributed by atoms with Gasteiger partial charge in [-0.05, 0) is 29.2 Å². The molecule has 0 saturated carbocycles. The van der Waals surface area contributed by atoms with Crippen molar-refractivity contribution in [2.45, 2.75) is 43.8 Å². The molecule has 8 nitrogen and oxygen atoms in total. The Morgan fingerprint density at radius 2 is 1.12 bits per heavy atom. The molecule has 3 atom stereocenters. The number of carbonyl (C=O) groups is 3. The second-order valence-corrected chi connectivity index (χ2v) is 10.3. The Morgan fingerprint density at radius 1 is 0.744 bits per heavy atom. The van der Waals surface area contributed by atoms with Crippen LogP contribution in [0.1, 0.15) is 29.2 Å². The maximum absolute atomic E-state index is 14.0. The van der Waals surface area contributed by atoms with Crippen LogP contribution in [0.15, 0.2) is 121 Å². The minimum atomic E-state index is -1.76. The fraction of sp³-hybridized carbons (Fsp3) is 0.206. The maximum Gasteiger partial charge on any atom is 1.00 e. The average molecular weight is 587 g/mol. The largest absolute Gasteiger partial charge is 1.00 e. The molecule has 5 rings (SSSR count). The first-order valence-corrected chi connectivity index (χ1v) is 13.7. The van der Waals surface area contributed by atoms with Crippen molar-refractivity contribution in [1.29, 1.82) is 0 Å². The first-order valence-electron chi connectivity index (χ1n) is 13.7. The number of urea groups is 1. The van der Waals surface area contributed by atoms with Crippen molar-refractivity contribution in [3.05, 3.63) is 144 Å². The third kappa shape index (κ3) is 6.68. The number of rotatable bonds is 10. The number of benzene rings is 4. The summed E-state index contributed by atoms with van der Waals surface area (Å²) in [6, 6.07) is 31.7. The number of carboxylic acid groups (broad SMARTS) is 1. The summed E-state index contributed by atoms with van der Waals surface area (Å²) in [4.78, 5) is 42.7. The van der Waals surface area contributed by atoms with Crippen LogP contribution >= 0.6 is 0 Å². The van der Waals surface area contributed by atoms with E-state index in [4.69, 9.17) is 4.74 Å². The molecule has 0 aliphatic carbocycles. The molecule has 1 heterocycles. The molecule has 43 heavy (non-hydrogen) atoms. The van der Waals surface area contributed by atoms with Crippen LogP contribution in [0.3, 0.4) is 0 Å². The van der Waals surface area contributed by atoms with Crippen LogP contribution in [-0.2, 0) is 33.0 Å². The van der Waals surface area contributed by atoms with E-state index in [0.29, 0.717) is 22.3 Å². The Morgan fingerprint density at radius 3 is 1.51 bits per heavy atom. The molecule has 1 aliphatic heterocycles. The number of carbonyl (C=O) groups excluding carboxylic acids is 3.